The Morgan fingerprint density at radius 2 is 2.13 bits per heavy atom. The lowest BCUT2D eigenvalue weighted by Crippen LogP contribution is -2.47. The first-order chi connectivity index (χ1) is 14.6. The van der Waals surface area contributed by atoms with Gasteiger partial charge in [-0.3, -0.25) is 4.79 Å². The SMILES string of the molecule is CC(=O)Cc1ncc(S(=O)(=O)N2CCCC(C)(c3cc(C(F)F)nc4ncnn34)C2)s1. The molecular weight excluding hydrogens is 450 g/mol. The third kappa shape index (κ3) is 4.08. The second kappa shape index (κ2) is 7.95. The monoisotopic (exact) mass is 470 g/mol. The standard InChI is InChI=1S/C18H20F2N6O3S2/c1-11(27)6-14-21-8-15(30-14)31(28,29)25-5-3-4-18(2,9-25)13-7-12(16(19)20)24-17-22-10-23-26(13)17/h7-8,10,16H,3-6,9H2,1-2H3. The van der Waals surface area contributed by atoms with E-state index in [0.717, 1.165) is 11.3 Å². The van der Waals surface area contributed by atoms with Crippen molar-refractivity contribution in [2.45, 2.75) is 49.2 Å². The van der Waals surface area contributed by atoms with Crippen LogP contribution in [0.5, 0.6) is 0 Å². The van der Waals surface area contributed by atoms with Crippen LogP contribution < -0.4 is 0 Å². The van der Waals surface area contributed by atoms with E-state index in [1.165, 1.54) is 34.3 Å². The third-order valence-electron chi connectivity index (χ3n) is 5.30. The number of fused-ring (bicyclic) bond motifs is 1. The summed E-state index contributed by atoms with van der Waals surface area (Å²) in [7, 11) is -3.85. The maximum atomic E-state index is 13.4. The maximum absolute atomic E-state index is 13.4. The molecule has 0 aliphatic carbocycles. The number of hydrogen-bond donors (Lipinski definition) is 0. The van der Waals surface area contributed by atoms with E-state index < -0.39 is 27.6 Å². The molecule has 9 nitrogen and oxygen atoms in total. The van der Waals surface area contributed by atoms with Crippen LogP contribution >= 0.6 is 11.3 Å². The smallest absolute Gasteiger partial charge is 0.280 e. The van der Waals surface area contributed by atoms with Crippen LogP contribution in [0.3, 0.4) is 0 Å². The highest BCUT2D eigenvalue weighted by Gasteiger charge is 2.41. The zero-order valence-electron chi connectivity index (χ0n) is 16.8. The lowest BCUT2D eigenvalue weighted by Gasteiger charge is -2.39. The normalized spacial score (nSPS) is 20.5. The van der Waals surface area contributed by atoms with Crippen LogP contribution in [0, 0.1) is 0 Å². The Labute approximate surface area is 181 Å². The molecule has 1 aliphatic heterocycles. The Kier molecular flexibility index (Phi) is 5.60. The lowest BCUT2D eigenvalue weighted by atomic mass is 9.79. The minimum absolute atomic E-state index is 0.0466. The molecule has 3 aromatic heterocycles. The van der Waals surface area contributed by atoms with Gasteiger partial charge in [-0.1, -0.05) is 6.92 Å². The molecule has 4 heterocycles. The summed E-state index contributed by atoms with van der Waals surface area (Å²) in [6, 6.07) is 1.28. The summed E-state index contributed by atoms with van der Waals surface area (Å²) < 4.78 is 56.1. The second-order valence-corrected chi connectivity index (χ2v) is 11.1. The van der Waals surface area contributed by atoms with E-state index in [4.69, 9.17) is 0 Å². The summed E-state index contributed by atoms with van der Waals surface area (Å²) in [5.41, 5.74) is -0.767. The topological polar surface area (TPSA) is 110 Å². The lowest BCUT2D eigenvalue weighted by molar-refractivity contribution is -0.116. The molecule has 1 fully saturated rings. The third-order valence-corrected chi connectivity index (χ3v) is 8.58. The average molecular weight is 471 g/mol. The molecule has 0 saturated carbocycles. The van der Waals surface area contributed by atoms with Crippen molar-refractivity contribution in [2.75, 3.05) is 13.1 Å². The van der Waals surface area contributed by atoms with Crippen molar-refractivity contribution in [3.63, 3.8) is 0 Å². The molecule has 1 aliphatic rings. The van der Waals surface area contributed by atoms with Crippen LogP contribution in [0.4, 0.5) is 8.78 Å². The number of nitrogens with zero attached hydrogens (tertiary/aromatic N) is 6. The molecule has 0 spiro atoms. The van der Waals surface area contributed by atoms with E-state index in [1.54, 1.807) is 0 Å². The number of carbonyl (C=O) groups excluding carboxylic acids is 1. The minimum Gasteiger partial charge on any atom is -0.300 e. The van der Waals surface area contributed by atoms with Gasteiger partial charge < -0.3 is 0 Å². The number of hydrogen-bond acceptors (Lipinski definition) is 8. The molecule has 1 atom stereocenters. The van der Waals surface area contributed by atoms with Crippen molar-refractivity contribution in [1.29, 1.82) is 0 Å². The van der Waals surface area contributed by atoms with E-state index in [0.29, 0.717) is 30.1 Å². The zero-order valence-corrected chi connectivity index (χ0v) is 18.5. The van der Waals surface area contributed by atoms with Crippen LogP contribution in [0.25, 0.3) is 5.78 Å². The molecule has 1 saturated heterocycles. The summed E-state index contributed by atoms with van der Waals surface area (Å²) in [6.07, 6.45) is 0.910. The van der Waals surface area contributed by atoms with Gasteiger partial charge in [0.1, 0.15) is 22.8 Å². The Balaban J connectivity index is 1.69. The first kappa shape index (κ1) is 21.8. The van der Waals surface area contributed by atoms with Crippen LogP contribution in [-0.2, 0) is 26.7 Å². The molecule has 0 radical (unpaired) electrons. The van der Waals surface area contributed by atoms with Crippen LogP contribution in [-0.4, -0.2) is 56.2 Å². The van der Waals surface area contributed by atoms with Crippen molar-refractivity contribution in [3.05, 3.63) is 35.0 Å². The quantitative estimate of drug-likeness (QED) is 0.544. The first-order valence-corrected chi connectivity index (χ1v) is 11.8. The summed E-state index contributed by atoms with van der Waals surface area (Å²) in [5.74, 6) is -0.0569. The van der Waals surface area contributed by atoms with Gasteiger partial charge in [0, 0.05) is 18.5 Å². The van der Waals surface area contributed by atoms with Crippen molar-refractivity contribution in [2.24, 2.45) is 0 Å². The van der Waals surface area contributed by atoms with E-state index in [1.807, 2.05) is 6.92 Å². The summed E-state index contributed by atoms with van der Waals surface area (Å²) >= 11 is 0.970. The largest absolute Gasteiger partial charge is 0.300 e. The minimum atomic E-state index is -3.85. The molecule has 31 heavy (non-hydrogen) atoms. The van der Waals surface area contributed by atoms with Gasteiger partial charge in [-0.15, -0.1) is 11.3 Å². The summed E-state index contributed by atoms with van der Waals surface area (Å²) in [5, 5.41) is 4.54. The fourth-order valence-electron chi connectivity index (χ4n) is 3.81. The number of aromatic nitrogens is 5. The summed E-state index contributed by atoms with van der Waals surface area (Å²) in [4.78, 5) is 23.1. The Hall–Kier alpha value is -2.38. The van der Waals surface area contributed by atoms with Gasteiger partial charge in [0.25, 0.3) is 22.2 Å². The van der Waals surface area contributed by atoms with Gasteiger partial charge in [-0.25, -0.2) is 31.7 Å². The number of piperidine rings is 1. The molecule has 4 rings (SSSR count). The number of ketones is 1. The molecule has 0 bridgehead atoms. The number of sulfonamides is 1. The second-order valence-electron chi connectivity index (χ2n) is 7.79. The molecule has 0 N–H and O–H groups in total. The van der Waals surface area contributed by atoms with Gasteiger partial charge in [0.2, 0.25) is 0 Å². The Morgan fingerprint density at radius 1 is 1.35 bits per heavy atom. The molecule has 1 unspecified atom stereocenters. The number of thiazole rings is 1. The predicted molar refractivity (Wildman–Crippen MR) is 108 cm³/mol. The van der Waals surface area contributed by atoms with Gasteiger partial charge in [0.15, 0.2) is 4.21 Å². The summed E-state index contributed by atoms with van der Waals surface area (Å²) in [6.45, 7) is 3.62. The van der Waals surface area contributed by atoms with Crippen molar-refractivity contribution in [3.8, 4) is 0 Å². The van der Waals surface area contributed by atoms with Crippen LogP contribution in [0.2, 0.25) is 0 Å². The van der Waals surface area contributed by atoms with Gasteiger partial charge in [0.05, 0.1) is 18.3 Å². The van der Waals surface area contributed by atoms with E-state index >= 15 is 0 Å². The first-order valence-electron chi connectivity index (χ1n) is 9.54. The highest BCUT2D eigenvalue weighted by Crippen LogP contribution is 2.37. The van der Waals surface area contributed by atoms with E-state index in [2.05, 4.69) is 20.1 Å². The van der Waals surface area contributed by atoms with Gasteiger partial charge in [-0.2, -0.15) is 14.4 Å². The molecule has 13 heteroatoms. The molecule has 3 aromatic rings. The van der Waals surface area contributed by atoms with Crippen molar-refractivity contribution in [1.82, 2.24) is 28.9 Å². The molecule has 0 aromatic carbocycles. The molecule has 166 valence electrons. The Morgan fingerprint density at radius 3 is 2.84 bits per heavy atom. The zero-order chi connectivity index (χ0) is 22.4. The average Bonchev–Trinajstić information content (AvgIpc) is 3.36. The Bertz CT molecular complexity index is 1240. The van der Waals surface area contributed by atoms with Gasteiger partial charge >= 0.3 is 0 Å². The highest BCUT2D eigenvalue weighted by molar-refractivity contribution is 7.91. The van der Waals surface area contributed by atoms with Crippen molar-refractivity contribution >= 4 is 32.9 Å². The van der Waals surface area contributed by atoms with E-state index in [-0.39, 0.29) is 28.7 Å². The van der Waals surface area contributed by atoms with Crippen LogP contribution in [0.15, 0.2) is 22.8 Å². The predicted octanol–water partition coefficient (Wildman–Crippen LogP) is 2.39. The fourth-order valence-corrected chi connectivity index (χ4v) is 6.82. The molecule has 0 amide bonds. The fraction of sp³-hybridized carbons (Fsp3) is 0.500. The number of carbonyl (C=O) groups is 1. The number of alkyl halides is 2. The maximum Gasteiger partial charge on any atom is 0.280 e. The number of Topliss-reactive ketones (excluding diaryl/α,β-unsaturated/α-hetero) is 1. The molecular formula is C18H20F2N6O3S2. The van der Waals surface area contributed by atoms with Crippen LogP contribution in [0.1, 0.15) is 49.5 Å². The number of rotatable bonds is 6. The van der Waals surface area contributed by atoms with E-state index in [9.17, 15) is 22.0 Å². The van der Waals surface area contributed by atoms with Crippen molar-refractivity contribution < 1.29 is 22.0 Å². The highest BCUT2D eigenvalue weighted by atomic mass is 32.2. The van der Waals surface area contributed by atoms with Gasteiger partial charge in [-0.05, 0) is 25.8 Å². The number of halogens is 2.